The topological polar surface area (TPSA) is 83.2 Å². The summed E-state index contributed by atoms with van der Waals surface area (Å²) in [6, 6.07) is 11.5. The van der Waals surface area contributed by atoms with Gasteiger partial charge in [0.1, 0.15) is 24.0 Å². The fourth-order valence-corrected chi connectivity index (χ4v) is 3.15. The maximum absolute atomic E-state index is 13.4. The van der Waals surface area contributed by atoms with E-state index in [1.807, 2.05) is 29.8 Å². The molecule has 0 aliphatic heterocycles. The quantitative estimate of drug-likeness (QED) is 0.541. The number of hydrogen-bond acceptors (Lipinski definition) is 5. The molecule has 0 aliphatic rings. The van der Waals surface area contributed by atoms with E-state index in [0.29, 0.717) is 22.8 Å². The van der Waals surface area contributed by atoms with Crippen LogP contribution >= 0.6 is 0 Å². The van der Waals surface area contributed by atoms with Crippen molar-refractivity contribution in [2.24, 2.45) is 14.1 Å². The number of nitrogens with one attached hydrogen (secondary N) is 1. The summed E-state index contributed by atoms with van der Waals surface area (Å²) in [6.45, 7) is 0.106. The fourth-order valence-electron chi connectivity index (χ4n) is 3.15. The monoisotopic (exact) mass is 409 g/mol. The van der Waals surface area contributed by atoms with E-state index in [2.05, 4.69) is 15.4 Å². The molecule has 1 N–H and O–H groups in total. The average molecular weight is 409 g/mol. The third-order valence-corrected chi connectivity index (χ3v) is 4.71. The molecule has 0 saturated heterocycles. The zero-order chi connectivity index (χ0) is 21.3. The van der Waals surface area contributed by atoms with Crippen molar-refractivity contribution >= 4 is 22.9 Å². The van der Waals surface area contributed by atoms with E-state index >= 15 is 0 Å². The van der Waals surface area contributed by atoms with E-state index in [1.165, 1.54) is 23.9 Å². The third-order valence-electron chi connectivity index (χ3n) is 4.71. The van der Waals surface area contributed by atoms with Crippen LogP contribution in [0.3, 0.4) is 0 Å². The highest BCUT2D eigenvalue weighted by Crippen LogP contribution is 2.31. The summed E-state index contributed by atoms with van der Waals surface area (Å²) >= 11 is 0. The molecule has 0 fully saturated rings. The van der Waals surface area contributed by atoms with Gasteiger partial charge in [0.2, 0.25) is 0 Å². The number of aromatic nitrogens is 4. The first kappa shape index (κ1) is 19.4. The number of anilines is 1. The van der Waals surface area contributed by atoms with Gasteiger partial charge >= 0.3 is 6.09 Å². The lowest BCUT2D eigenvalue weighted by Gasteiger charge is -2.07. The highest BCUT2D eigenvalue weighted by molar-refractivity contribution is 5.85. The van der Waals surface area contributed by atoms with Gasteiger partial charge in [-0.3, -0.25) is 10.00 Å². The number of fused-ring (bicyclic) bond motifs is 1. The molecule has 0 spiro atoms. The number of imidazole rings is 1. The first-order valence-electron chi connectivity index (χ1n) is 9.16. The van der Waals surface area contributed by atoms with Crippen LogP contribution in [0, 0.1) is 5.82 Å². The van der Waals surface area contributed by atoms with Crippen LogP contribution in [0.15, 0.2) is 48.8 Å². The van der Waals surface area contributed by atoms with Gasteiger partial charge < -0.3 is 14.0 Å². The van der Waals surface area contributed by atoms with Crippen LogP contribution in [0.1, 0.15) is 5.56 Å². The summed E-state index contributed by atoms with van der Waals surface area (Å²) < 4.78 is 27.4. The Morgan fingerprint density at radius 2 is 2.00 bits per heavy atom. The van der Waals surface area contributed by atoms with Crippen LogP contribution in [0.5, 0.6) is 5.75 Å². The number of halogens is 1. The largest absolute Gasteiger partial charge is 0.496 e. The maximum atomic E-state index is 13.4. The molecule has 1 amide bonds. The van der Waals surface area contributed by atoms with Crippen molar-refractivity contribution in [1.82, 2.24) is 19.3 Å². The van der Waals surface area contributed by atoms with Gasteiger partial charge in [-0.15, -0.1) is 0 Å². The molecule has 4 aromatic rings. The number of aryl methyl sites for hydroxylation is 2. The molecular formula is C21H20FN5O3. The molecule has 0 saturated carbocycles. The molecule has 4 rings (SSSR count). The molecule has 0 aliphatic carbocycles. The summed E-state index contributed by atoms with van der Waals surface area (Å²) in [5, 5.41) is 7.03. The SMILES string of the molecule is COc1cc(F)ccc1-c1cc(NC(=O)OCc2ccc3c(c2)ncn3C)n(C)n1. The first-order valence-corrected chi connectivity index (χ1v) is 9.16. The molecule has 30 heavy (non-hydrogen) atoms. The number of carbonyl (C=O) groups excluding carboxylic acids is 1. The molecule has 2 heterocycles. The minimum absolute atomic E-state index is 0.106. The molecule has 8 nitrogen and oxygen atoms in total. The van der Waals surface area contributed by atoms with Crippen molar-refractivity contribution in [2.45, 2.75) is 6.61 Å². The Hall–Kier alpha value is -3.88. The van der Waals surface area contributed by atoms with Crippen LogP contribution < -0.4 is 10.1 Å². The van der Waals surface area contributed by atoms with Crippen molar-refractivity contribution in [1.29, 1.82) is 0 Å². The first-order chi connectivity index (χ1) is 14.4. The van der Waals surface area contributed by atoms with Crippen molar-refractivity contribution < 1.29 is 18.7 Å². The number of amides is 1. The van der Waals surface area contributed by atoms with E-state index in [4.69, 9.17) is 9.47 Å². The molecule has 2 aromatic carbocycles. The zero-order valence-electron chi connectivity index (χ0n) is 16.7. The molecule has 2 aromatic heterocycles. The minimum Gasteiger partial charge on any atom is -0.496 e. The third kappa shape index (κ3) is 3.82. The number of ether oxygens (including phenoxy) is 2. The smallest absolute Gasteiger partial charge is 0.413 e. The molecule has 0 bridgehead atoms. The number of rotatable bonds is 5. The number of benzene rings is 2. The summed E-state index contributed by atoms with van der Waals surface area (Å²) in [7, 11) is 5.06. The van der Waals surface area contributed by atoms with E-state index in [-0.39, 0.29) is 6.61 Å². The second-order valence-corrected chi connectivity index (χ2v) is 6.76. The zero-order valence-corrected chi connectivity index (χ0v) is 16.7. The van der Waals surface area contributed by atoms with Crippen LogP contribution in [-0.2, 0) is 25.4 Å². The lowest BCUT2D eigenvalue weighted by Crippen LogP contribution is -2.15. The summed E-state index contributed by atoms with van der Waals surface area (Å²) in [5.74, 6) is 0.381. The second-order valence-electron chi connectivity index (χ2n) is 6.76. The van der Waals surface area contributed by atoms with E-state index in [1.54, 1.807) is 25.5 Å². The van der Waals surface area contributed by atoms with Crippen LogP contribution in [0.2, 0.25) is 0 Å². The average Bonchev–Trinajstić information content (AvgIpc) is 3.28. The predicted octanol–water partition coefficient (Wildman–Crippen LogP) is 3.87. The van der Waals surface area contributed by atoms with Crippen LogP contribution in [0.4, 0.5) is 15.0 Å². The van der Waals surface area contributed by atoms with Gasteiger partial charge in [0.25, 0.3) is 0 Å². The summed E-state index contributed by atoms with van der Waals surface area (Å²) in [4.78, 5) is 16.5. The van der Waals surface area contributed by atoms with Gasteiger partial charge in [0.15, 0.2) is 0 Å². The lowest BCUT2D eigenvalue weighted by molar-refractivity contribution is 0.155. The molecule has 154 valence electrons. The van der Waals surface area contributed by atoms with E-state index in [0.717, 1.165) is 16.6 Å². The van der Waals surface area contributed by atoms with Gasteiger partial charge in [-0.1, -0.05) is 6.07 Å². The highest BCUT2D eigenvalue weighted by Gasteiger charge is 2.15. The molecule has 9 heteroatoms. The van der Waals surface area contributed by atoms with Crippen molar-refractivity contribution in [2.75, 3.05) is 12.4 Å². The van der Waals surface area contributed by atoms with Gasteiger partial charge in [-0.2, -0.15) is 5.10 Å². The number of methoxy groups -OCH3 is 1. The van der Waals surface area contributed by atoms with Gasteiger partial charge in [0, 0.05) is 31.8 Å². The van der Waals surface area contributed by atoms with Crippen LogP contribution in [-0.4, -0.2) is 32.5 Å². The number of nitrogens with zero attached hydrogens (tertiary/aromatic N) is 4. The standard InChI is InChI=1S/C21H20FN5O3/c1-26-12-23-17-8-13(4-7-18(17)26)11-30-21(28)24-20-10-16(25-27(20)2)15-6-5-14(22)9-19(15)29-3/h4-10,12H,11H2,1-3H3,(H,24,28). The number of carbonyl (C=O) groups is 1. The van der Waals surface area contributed by atoms with Gasteiger partial charge in [0.05, 0.1) is 30.2 Å². The summed E-state index contributed by atoms with van der Waals surface area (Å²) in [5.41, 5.74) is 3.81. The Labute approximate surface area is 171 Å². The van der Waals surface area contributed by atoms with Crippen molar-refractivity contribution in [3.8, 4) is 17.0 Å². The Bertz CT molecular complexity index is 1230. The summed E-state index contributed by atoms with van der Waals surface area (Å²) in [6.07, 6.45) is 1.12. The highest BCUT2D eigenvalue weighted by atomic mass is 19.1. The number of hydrogen-bond donors (Lipinski definition) is 1. The minimum atomic E-state index is -0.614. The predicted molar refractivity (Wildman–Crippen MR) is 110 cm³/mol. The molecular weight excluding hydrogens is 389 g/mol. The second kappa shape index (κ2) is 7.86. The van der Waals surface area contributed by atoms with Gasteiger partial charge in [-0.25, -0.2) is 14.2 Å². The van der Waals surface area contributed by atoms with Crippen LogP contribution in [0.25, 0.3) is 22.3 Å². The Morgan fingerprint density at radius 3 is 2.80 bits per heavy atom. The Kier molecular flexibility index (Phi) is 5.09. The molecule has 0 unspecified atom stereocenters. The van der Waals surface area contributed by atoms with E-state index in [9.17, 15) is 9.18 Å². The maximum Gasteiger partial charge on any atom is 0.413 e. The van der Waals surface area contributed by atoms with Crippen molar-refractivity contribution in [3.63, 3.8) is 0 Å². The fraction of sp³-hybridized carbons (Fsp3) is 0.190. The normalized spacial score (nSPS) is 10.9. The van der Waals surface area contributed by atoms with E-state index < -0.39 is 11.9 Å². The Balaban J connectivity index is 1.44. The van der Waals surface area contributed by atoms with Crippen molar-refractivity contribution in [3.05, 3.63) is 60.2 Å². The Morgan fingerprint density at radius 1 is 1.17 bits per heavy atom. The molecule has 0 atom stereocenters. The van der Waals surface area contributed by atoms with Gasteiger partial charge in [-0.05, 0) is 29.8 Å². The molecule has 0 radical (unpaired) electrons. The lowest BCUT2D eigenvalue weighted by atomic mass is 10.1.